The van der Waals surface area contributed by atoms with Gasteiger partial charge in [0.1, 0.15) is 6.54 Å². The second-order valence-electron chi connectivity index (χ2n) is 8.17. The molecule has 0 aliphatic rings. The number of rotatable bonds is 6. The van der Waals surface area contributed by atoms with Crippen LogP contribution in [0.1, 0.15) is 25.3 Å². The van der Waals surface area contributed by atoms with Gasteiger partial charge in [0.25, 0.3) is 5.89 Å². The number of nitrogens with one attached hydrogen (secondary N) is 1. The van der Waals surface area contributed by atoms with Crippen LogP contribution in [0.5, 0.6) is 0 Å². The number of hydrogen-bond acceptors (Lipinski definition) is 6. The number of fused-ring (bicyclic) bond motifs is 1. The van der Waals surface area contributed by atoms with E-state index in [2.05, 4.69) is 34.4 Å². The van der Waals surface area contributed by atoms with E-state index in [0.717, 1.165) is 10.2 Å². The standard InChI is InChI=1S/C25H22N6O3/c1-16(2)17-10-12-19(13-11-17)26-21(32)15-31-25(33)30-14-6-9-20(23(30)28-31)24-27-22(29-34-24)18-7-4-3-5-8-18/h3-14,16H,15H2,1-2H3,(H,26,32). The van der Waals surface area contributed by atoms with E-state index < -0.39 is 5.69 Å². The van der Waals surface area contributed by atoms with Crippen molar-refractivity contribution in [3.05, 3.63) is 89.0 Å². The van der Waals surface area contributed by atoms with Crippen LogP contribution in [0.2, 0.25) is 0 Å². The van der Waals surface area contributed by atoms with Crippen molar-refractivity contribution in [2.45, 2.75) is 26.3 Å². The maximum absolute atomic E-state index is 12.9. The summed E-state index contributed by atoms with van der Waals surface area (Å²) in [6.45, 7) is 3.98. The van der Waals surface area contributed by atoms with Crippen molar-refractivity contribution in [1.29, 1.82) is 0 Å². The van der Waals surface area contributed by atoms with Crippen molar-refractivity contribution in [3.63, 3.8) is 0 Å². The average molecular weight is 454 g/mol. The van der Waals surface area contributed by atoms with E-state index in [0.29, 0.717) is 28.6 Å². The van der Waals surface area contributed by atoms with Gasteiger partial charge < -0.3 is 9.84 Å². The number of hydrogen-bond donors (Lipinski definition) is 1. The Morgan fingerprint density at radius 3 is 2.53 bits per heavy atom. The lowest BCUT2D eigenvalue weighted by molar-refractivity contribution is -0.117. The van der Waals surface area contributed by atoms with Gasteiger partial charge >= 0.3 is 5.69 Å². The Labute approximate surface area is 194 Å². The van der Waals surface area contributed by atoms with E-state index in [4.69, 9.17) is 4.52 Å². The van der Waals surface area contributed by atoms with Crippen LogP contribution in [0.4, 0.5) is 5.69 Å². The summed E-state index contributed by atoms with van der Waals surface area (Å²) < 4.78 is 7.91. The first-order chi connectivity index (χ1) is 16.5. The molecule has 9 nitrogen and oxygen atoms in total. The van der Waals surface area contributed by atoms with Gasteiger partial charge in [0, 0.05) is 17.4 Å². The van der Waals surface area contributed by atoms with Crippen molar-refractivity contribution in [2.75, 3.05) is 5.32 Å². The normalized spacial score (nSPS) is 11.3. The molecule has 0 aliphatic carbocycles. The Bertz CT molecular complexity index is 1510. The number of carbonyl (C=O) groups excluding carboxylic acids is 1. The Hall–Kier alpha value is -4.53. The molecule has 1 amide bonds. The number of nitrogens with zero attached hydrogens (tertiary/aromatic N) is 5. The Morgan fingerprint density at radius 2 is 1.79 bits per heavy atom. The van der Waals surface area contributed by atoms with Gasteiger partial charge in [0.2, 0.25) is 11.7 Å². The van der Waals surface area contributed by atoms with Gasteiger partial charge in [-0.2, -0.15) is 4.98 Å². The van der Waals surface area contributed by atoms with Crippen molar-refractivity contribution in [3.8, 4) is 22.8 Å². The van der Waals surface area contributed by atoms with Crippen LogP contribution >= 0.6 is 0 Å². The highest BCUT2D eigenvalue weighted by atomic mass is 16.5. The molecule has 2 aromatic carbocycles. The minimum Gasteiger partial charge on any atom is -0.333 e. The molecule has 0 fully saturated rings. The molecule has 5 rings (SSSR count). The zero-order valence-electron chi connectivity index (χ0n) is 18.7. The smallest absolute Gasteiger partial charge is 0.333 e. The van der Waals surface area contributed by atoms with Crippen molar-refractivity contribution < 1.29 is 9.32 Å². The third-order valence-corrected chi connectivity index (χ3v) is 5.45. The molecule has 0 unspecified atom stereocenters. The molecule has 34 heavy (non-hydrogen) atoms. The van der Waals surface area contributed by atoms with Gasteiger partial charge in [-0.3, -0.25) is 4.79 Å². The first-order valence-corrected chi connectivity index (χ1v) is 10.9. The first kappa shape index (κ1) is 21.3. The highest BCUT2D eigenvalue weighted by Gasteiger charge is 2.18. The van der Waals surface area contributed by atoms with E-state index in [9.17, 15) is 9.59 Å². The molecule has 0 saturated heterocycles. The molecule has 3 heterocycles. The molecule has 0 atom stereocenters. The van der Waals surface area contributed by atoms with Gasteiger partial charge in [-0.25, -0.2) is 13.9 Å². The van der Waals surface area contributed by atoms with E-state index in [1.54, 1.807) is 18.3 Å². The molecular weight excluding hydrogens is 432 g/mol. The van der Waals surface area contributed by atoms with Crippen LogP contribution in [0, 0.1) is 0 Å². The summed E-state index contributed by atoms with van der Waals surface area (Å²) in [5.74, 6) is 0.713. The van der Waals surface area contributed by atoms with E-state index in [-0.39, 0.29) is 18.3 Å². The molecule has 3 aromatic heterocycles. The SMILES string of the molecule is CC(C)c1ccc(NC(=O)Cn2nc3c(-c4nc(-c5ccccc5)no4)cccn3c2=O)cc1. The highest BCUT2D eigenvalue weighted by Crippen LogP contribution is 2.24. The van der Waals surface area contributed by atoms with Gasteiger partial charge in [-0.1, -0.05) is 61.5 Å². The summed E-state index contributed by atoms with van der Waals surface area (Å²) in [5.41, 5.74) is 3.03. The number of amides is 1. The molecule has 0 saturated carbocycles. The molecule has 0 aliphatic heterocycles. The summed E-state index contributed by atoms with van der Waals surface area (Å²) >= 11 is 0. The Morgan fingerprint density at radius 1 is 1.03 bits per heavy atom. The largest absolute Gasteiger partial charge is 0.350 e. The second-order valence-corrected chi connectivity index (χ2v) is 8.17. The monoisotopic (exact) mass is 454 g/mol. The topological polar surface area (TPSA) is 107 Å². The lowest BCUT2D eigenvalue weighted by Crippen LogP contribution is -2.28. The molecule has 0 bridgehead atoms. The molecule has 5 aromatic rings. The summed E-state index contributed by atoms with van der Waals surface area (Å²) in [6.07, 6.45) is 1.59. The number of pyridine rings is 1. The fraction of sp³-hybridized carbons (Fsp3) is 0.160. The van der Waals surface area contributed by atoms with Crippen LogP contribution in [0.15, 0.2) is 82.2 Å². The fourth-order valence-electron chi connectivity index (χ4n) is 3.63. The number of anilines is 1. The lowest BCUT2D eigenvalue weighted by atomic mass is 10.0. The number of benzene rings is 2. The molecule has 170 valence electrons. The van der Waals surface area contributed by atoms with Crippen LogP contribution in [0.3, 0.4) is 0 Å². The zero-order chi connectivity index (χ0) is 23.7. The third-order valence-electron chi connectivity index (χ3n) is 5.45. The van der Waals surface area contributed by atoms with Crippen molar-refractivity contribution in [2.24, 2.45) is 0 Å². The quantitative estimate of drug-likeness (QED) is 0.416. The number of aromatic nitrogens is 5. The van der Waals surface area contributed by atoms with E-state index in [1.807, 2.05) is 54.6 Å². The molecule has 0 spiro atoms. The summed E-state index contributed by atoms with van der Waals surface area (Å²) in [7, 11) is 0. The van der Waals surface area contributed by atoms with Gasteiger partial charge in [0.15, 0.2) is 5.65 Å². The average Bonchev–Trinajstić information content (AvgIpc) is 3.45. The van der Waals surface area contributed by atoms with Crippen LogP contribution < -0.4 is 11.0 Å². The van der Waals surface area contributed by atoms with Crippen molar-refractivity contribution >= 4 is 17.2 Å². The van der Waals surface area contributed by atoms with Crippen molar-refractivity contribution in [1.82, 2.24) is 24.3 Å². The summed E-state index contributed by atoms with van der Waals surface area (Å²) in [4.78, 5) is 29.9. The highest BCUT2D eigenvalue weighted by molar-refractivity contribution is 5.90. The third kappa shape index (κ3) is 4.11. The maximum Gasteiger partial charge on any atom is 0.350 e. The second kappa shape index (κ2) is 8.78. The molecule has 0 radical (unpaired) electrons. The minimum atomic E-state index is -0.440. The van der Waals surface area contributed by atoms with Gasteiger partial charge in [0.05, 0.1) is 5.56 Å². The van der Waals surface area contributed by atoms with Crippen LogP contribution in [-0.4, -0.2) is 30.2 Å². The lowest BCUT2D eigenvalue weighted by Gasteiger charge is -2.08. The molecule has 1 N–H and O–H groups in total. The number of carbonyl (C=O) groups is 1. The van der Waals surface area contributed by atoms with E-state index >= 15 is 0 Å². The van der Waals surface area contributed by atoms with Gasteiger partial charge in [-0.05, 0) is 35.7 Å². The Kier molecular flexibility index (Phi) is 5.51. The predicted molar refractivity (Wildman–Crippen MR) is 127 cm³/mol. The Balaban J connectivity index is 1.40. The summed E-state index contributed by atoms with van der Waals surface area (Å²) in [6, 6.07) is 20.5. The van der Waals surface area contributed by atoms with E-state index in [1.165, 1.54) is 9.96 Å². The maximum atomic E-state index is 12.9. The van der Waals surface area contributed by atoms with Crippen LogP contribution in [0.25, 0.3) is 28.5 Å². The fourth-order valence-corrected chi connectivity index (χ4v) is 3.63. The zero-order valence-corrected chi connectivity index (χ0v) is 18.7. The van der Waals surface area contributed by atoms with Gasteiger partial charge in [-0.15, -0.1) is 5.10 Å². The first-order valence-electron chi connectivity index (χ1n) is 10.9. The minimum absolute atomic E-state index is 0.231. The molecule has 9 heteroatoms. The van der Waals surface area contributed by atoms with Crippen LogP contribution in [-0.2, 0) is 11.3 Å². The molecular formula is C25H22N6O3. The predicted octanol–water partition coefficient (Wildman–Crippen LogP) is 3.98. The summed E-state index contributed by atoms with van der Waals surface area (Å²) in [5, 5.41) is 11.2.